The van der Waals surface area contributed by atoms with Crippen molar-refractivity contribution in [3.8, 4) is 0 Å². The quantitative estimate of drug-likeness (QED) is 0.664. The Balaban J connectivity index is 1.96. The van der Waals surface area contributed by atoms with Crippen LogP contribution < -0.4 is 0 Å². The number of hydrogen-bond donors (Lipinski definition) is 0. The van der Waals surface area contributed by atoms with Crippen LogP contribution in [0.2, 0.25) is 0 Å². The third-order valence-corrected chi connectivity index (χ3v) is 3.25. The Kier molecular flexibility index (Phi) is 3.06. The van der Waals surface area contributed by atoms with Crippen molar-refractivity contribution in [2.75, 3.05) is 0 Å². The average Bonchev–Trinajstić information content (AvgIpc) is 2.84. The molecule has 2 nitrogen and oxygen atoms in total. The van der Waals surface area contributed by atoms with E-state index in [0.717, 1.165) is 0 Å². The van der Waals surface area contributed by atoms with E-state index in [1.807, 2.05) is 0 Å². The summed E-state index contributed by atoms with van der Waals surface area (Å²) < 4.78 is 28.7. The summed E-state index contributed by atoms with van der Waals surface area (Å²) in [6.45, 7) is -0.0200. The second-order valence-corrected chi connectivity index (χ2v) is 4.52. The van der Waals surface area contributed by atoms with Crippen LogP contribution in [-0.4, -0.2) is 10.4 Å². The van der Waals surface area contributed by atoms with Gasteiger partial charge in [-0.2, -0.15) is 0 Å². The number of rotatable bonds is 3. The third kappa shape index (κ3) is 2.09. The zero-order valence-electron chi connectivity index (χ0n) is 10.5. The van der Waals surface area contributed by atoms with Gasteiger partial charge >= 0.3 is 0 Å². The zero-order chi connectivity index (χ0) is 14.1. The summed E-state index contributed by atoms with van der Waals surface area (Å²) in [5.41, 5.74) is 0.667. The summed E-state index contributed by atoms with van der Waals surface area (Å²) in [5, 5.41) is 0.453. The number of benzene rings is 2. The molecule has 0 unspecified atom stereocenters. The first-order chi connectivity index (χ1) is 9.66. The number of ketones is 1. The van der Waals surface area contributed by atoms with Crippen molar-refractivity contribution in [2.24, 2.45) is 0 Å². The summed E-state index contributed by atoms with van der Waals surface area (Å²) in [6, 6.07) is 12.1. The van der Waals surface area contributed by atoms with Gasteiger partial charge < -0.3 is 4.57 Å². The molecule has 3 aromatic rings. The fourth-order valence-corrected chi connectivity index (χ4v) is 2.25. The van der Waals surface area contributed by atoms with E-state index in [2.05, 4.69) is 0 Å². The molecule has 1 aromatic heterocycles. The van der Waals surface area contributed by atoms with Crippen LogP contribution in [0.25, 0.3) is 10.9 Å². The highest BCUT2D eigenvalue weighted by molar-refractivity contribution is 5.97. The smallest absolute Gasteiger partial charge is 0.185 e. The molecule has 0 radical (unpaired) electrons. The minimum atomic E-state index is -0.542. The van der Waals surface area contributed by atoms with E-state index in [1.165, 1.54) is 24.3 Å². The minimum absolute atomic E-state index is 0.0200. The number of carbonyl (C=O) groups is 1. The van der Waals surface area contributed by atoms with E-state index in [0.29, 0.717) is 10.9 Å². The van der Waals surface area contributed by atoms with Gasteiger partial charge in [0, 0.05) is 11.6 Å². The first kappa shape index (κ1) is 12.5. The maximum atomic E-state index is 13.6. The van der Waals surface area contributed by atoms with Gasteiger partial charge in [0.1, 0.15) is 11.6 Å². The van der Waals surface area contributed by atoms with Gasteiger partial charge in [0.2, 0.25) is 0 Å². The van der Waals surface area contributed by atoms with E-state index in [1.54, 1.807) is 35.0 Å². The molecular formula is C16H11F2NO. The first-order valence-electron chi connectivity index (χ1n) is 6.18. The molecule has 4 heteroatoms. The predicted molar refractivity (Wildman–Crippen MR) is 72.6 cm³/mol. The minimum Gasteiger partial charge on any atom is -0.340 e. The van der Waals surface area contributed by atoms with Crippen molar-refractivity contribution < 1.29 is 13.6 Å². The molecule has 3 rings (SSSR count). The van der Waals surface area contributed by atoms with Gasteiger partial charge in [0.25, 0.3) is 0 Å². The van der Waals surface area contributed by atoms with Gasteiger partial charge in [0.15, 0.2) is 5.78 Å². The summed E-state index contributed by atoms with van der Waals surface area (Å²) in [5.74, 6) is -1.22. The molecule has 0 aliphatic carbocycles. The molecule has 0 N–H and O–H groups in total. The fraction of sp³-hybridized carbons (Fsp3) is 0.0625. The molecule has 0 amide bonds. The van der Waals surface area contributed by atoms with Crippen molar-refractivity contribution >= 4 is 16.7 Å². The normalized spacial score (nSPS) is 10.9. The summed E-state index contributed by atoms with van der Waals surface area (Å²) in [7, 11) is 0. The van der Waals surface area contributed by atoms with Crippen LogP contribution in [0.15, 0.2) is 54.7 Å². The molecule has 0 saturated heterocycles. The number of hydrogen-bond acceptors (Lipinski definition) is 1. The van der Waals surface area contributed by atoms with Crippen LogP contribution in [0.4, 0.5) is 8.78 Å². The molecule has 0 spiro atoms. The SMILES string of the molecule is O=C(Cn1ccc2c(F)cccc21)c1ccccc1F. The van der Waals surface area contributed by atoms with Crippen LogP contribution in [-0.2, 0) is 6.54 Å². The second kappa shape index (κ2) is 4.89. The molecule has 0 atom stereocenters. The highest BCUT2D eigenvalue weighted by Crippen LogP contribution is 2.19. The topological polar surface area (TPSA) is 22.0 Å². The van der Waals surface area contributed by atoms with Crippen molar-refractivity contribution in [3.05, 3.63) is 71.9 Å². The van der Waals surface area contributed by atoms with E-state index < -0.39 is 5.82 Å². The first-order valence-corrected chi connectivity index (χ1v) is 6.18. The summed E-state index contributed by atoms with van der Waals surface area (Å²) in [6.07, 6.45) is 1.63. The largest absolute Gasteiger partial charge is 0.340 e. The van der Waals surface area contributed by atoms with E-state index in [4.69, 9.17) is 0 Å². The van der Waals surface area contributed by atoms with Crippen molar-refractivity contribution in [2.45, 2.75) is 6.54 Å². The van der Waals surface area contributed by atoms with Gasteiger partial charge in [-0.25, -0.2) is 8.78 Å². The number of carbonyl (C=O) groups excluding carboxylic acids is 1. The van der Waals surface area contributed by atoms with Gasteiger partial charge in [0.05, 0.1) is 17.6 Å². The van der Waals surface area contributed by atoms with Crippen LogP contribution in [0.5, 0.6) is 0 Å². The Morgan fingerprint density at radius 3 is 2.50 bits per heavy atom. The number of aromatic nitrogens is 1. The monoisotopic (exact) mass is 271 g/mol. The Hall–Kier alpha value is -2.49. The van der Waals surface area contributed by atoms with Crippen molar-refractivity contribution in [1.29, 1.82) is 0 Å². The third-order valence-electron chi connectivity index (χ3n) is 3.25. The molecule has 0 fully saturated rings. The molecule has 0 saturated carbocycles. The van der Waals surface area contributed by atoms with Crippen LogP contribution in [0.3, 0.4) is 0 Å². The van der Waals surface area contributed by atoms with Gasteiger partial charge in [-0.15, -0.1) is 0 Å². The van der Waals surface area contributed by atoms with Crippen LogP contribution in [0, 0.1) is 11.6 Å². The van der Waals surface area contributed by atoms with E-state index in [-0.39, 0.29) is 23.7 Å². The average molecular weight is 271 g/mol. The highest BCUT2D eigenvalue weighted by atomic mass is 19.1. The standard InChI is InChI=1S/C16H11F2NO/c17-13-6-3-7-15-11(13)8-9-19(15)10-16(20)12-4-1-2-5-14(12)18/h1-9H,10H2. The maximum absolute atomic E-state index is 13.6. The number of Topliss-reactive ketones (excluding diaryl/α,β-unsaturated/α-hetero) is 1. The number of halogens is 2. The lowest BCUT2D eigenvalue weighted by atomic mass is 10.1. The van der Waals surface area contributed by atoms with Crippen molar-refractivity contribution in [3.63, 3.8) is 0 Å². The van der Waals surface area contributed by atoms with E-state index >= 15 is 0 Å². The lowest BCUT2D eigenvalue weighted by Gasteiger charge is -2.06. The number of nitrogens with zero attached hydrogens (tertiary/aromatic N) is 1. The Bertz CT molecular complexity index is 792. The lowest BCUT2D eigenvalue weighted by Crippen LogP contribution is -2.11. The van der Waals surface area contributed by atoms with E-state index in [9.17, 15) is 13.6 Å². The lowest BCUT2D eigenvalue weighted by molar-refractivity contribution is 0.0969. The van der Waals surface area contributed by atoms with Gasteiger partial charge in [-0.05, 0) is 30.3 Å². The maximum Gasteiger partial charge on any atom is 0.185 e. The fourth-order valence-electron chi connectivity index (χ4n) is 2.25. The second-order valence-electron chi connectivity index (χ2n) is 4.52. The molecule has 0 aliphatic heterocycles. The predicted octanol–water partition coefficient (Wildman–Crippen LogP) is 3.80. The molecule has 0 aliphatic rings. The summed E-state index contributed by atoms with van der Waals surface area (Å²) >= 11 is 0. The Morgan fingerprint density at radius 1 is 0.950 bits per heavy atom. The molecule has 2 aromatic carbocycles. The molecule has 0 bridgehead atoms. The summed E-state index contributed by atoms with van der Waals surface area (Å²) in [4.78, 5) is 12.1. The van der Waals surface area contributed by atoms with Gasteiger partial charge in [-0.3, -0.25) is 4.79 Å². The molecule has 20 heavy (non-hydrogen) atoms. The van der Waals surface area contributed by atoms with Gasteiger partial charge in [-0.1, -0.05) is 18.2 Å². The Labute approximate surface area is 114 Å². The number of fused-ring (bicyclic) bond motifs is 1. The van der Waals surface area contributed by atoms with Crippen molar-refractivity contribution in [1.82, 2.24) is 4.57 Å². The Morgan fingerprint density at radius 2 is 1.70 bits per heavy atom. The molecule has 1 heterocycles. The molecular weight excluding hydrogens is 260 g/mol. The van der Waals surface area contributed by atoms with Crippen LogP contribution in [0.1, 0.15) is 10.4 Å². The molecule has 100 valence electrons. The highest BCUT2D eigenvalue weighted by Gasteiger charge is 2.13. The zero-order valence-corrected chi connectivity index (χ0v) is 10.5. The van der Waals surface area contributed by atoms with Crippen LogP contribution >= 0.6 is 0 Å².